The van der Waals surface area contributed by atoms with Crippen LogP contribution in [-0.2, 0) is 0 Å². The highest BCUT2D eigenvalue weighted by molar-refractivity contribution is 5.94. The lowest BCUT2D eigenvalue weighted by atomic mass is 10.1. The topological polar surface area (TPSA) is 83.1 Å². The molecule has 0 saturated carbocycles. The van der Waals surface area contributed by atoms with Crippen LogP contribution in [0.25, 0.3) is 11.3 Å². The molecule has 0 fully saturated rings. The van der Waals surface area contributed by atoms with E-state index in [0.29, 0.717) is 11.4 Å². The number of ether oxygens (including phenoxy) is 1. The van der Waals surface area contributed by atoms with Gasteiger partial charge in [0.15, 0.2) is 5.82 Å². The molecule has 146 valence electrons. The average molecular weight is 383 g/mol. The summed E-state index contributed by atoms with van der Waals surface area (Å²) in [6.45, 7) is 5.66. The van der Waals surface area contributed by atoms with Crippen molar-refractivity contribution in [3.63, 3.8) is 0 Å². The molecule has 28 heavy (non-hydrogen) atoms. The van der Waals surface area contributed by atoms with Gasteiger partial charge in [-0.2, -0.15) is 5.10 Å². The number of aromatic nitrogens is 3. The molecule has 7 nitrogen and oxygen atoms in total. The molecule has 0 unspecified atom stereocenters. The lowest BCUT2D eigenvalue weighted by Crippen LogP contribution is -2.53. The lowest BCUT2D eigenvalue weighted by Gasteiger charge is -2.37. The SMILES string of the molecule is COc1ncc(N(NC(=O)c2cc(-c3ccccc3)n[nH]2)C(C)(C)C)cc1F. The minimum atomic E-state index is -0.614. The monoisotopic (exact) mass is 383 g/mol. The van der Waals surface area contributed by atoms with Crippen molar-refractivity contribution in [2.24, 2.45) is 0 Å². The average Bonchev–Trinajstić information content (AvgIpc) is 3.16. The number of anilines is 1. The summed E-state index contributed by atoms with van der Waals surface area (Å²) >= 11 is 0. The van der Waals surface area contributed by atoms with Gasteiger partial charge in [0.05, 0.1) is 30.2 Å². The number of methoxy groups -OCH3 is 1. The number of pyridine rings is 1. The molecule has 2 heterocycles. The second-order valence-electron chi connectivity index (χ2n) is 7.16. The second-order valence-corrected chi connectivity index (χ2v) is 7.16. The van der Waals surface area contributed by atoms with Crippen molar-refractivity contribution in [1.29, 1.82) is 0 Å². The van der Waals surface area contributed by atoms with Gasteiger partial charge in [-0.3, -0.25) is 20.3 Å². The van der Waals surface area contributed by atoms with Gasteiger partial charge in [0.25, 0.3) is 5.91 Å². The minimum absolute atomic E-state index is 0.106. The first-order valence-corrected chi connectivity index (χ1v) is 8.71. The molecule has 1 aromatic carbocycles. The van der Waals surface area contributed by atoms with Crippen LogP contribution in [-0.4, -0.2) is 33.7 Å². The number of hydrogen-bond acceptors (Lipinski definition) is 5. The molecule has 0 bridgehead atoms. The van der Waals surface area contributed by atoms with Crippen LogP contribution in [0, 0.1) is 5.82 Å². The quantitative estimate of drug-likeness (QED) is 0.658. The van der Waals surface area contributed by atoms with Crippen LogP contribution < -0.4 is 15.2 Å². The van der Waals surface area contributed by atoms with E-state index < -0.39 is 17.3 Å². The fourth-order valence-electron chi connectivity index (χ4n) is 2.66. The van der Waals surface area contributed by atoms with Crippen LogP contribution in [0.3, 0.4) is 0 Å². The van der Waals surface area contributed by atoms with E-state index in [1.807, 2.05) is 51.1 Å². The first-order chi connectivity index (χ1) is 13.3. The van der Waals surface area contributed by atoms with E-state index in [4.69, 9.17) is 4.74 Å². The largest absolute Gasteiger partial charge is 0.479 e. The Morgan fingerprint density at radius 3 is 2.54 bits per heavy atom. The number of carbonyl (C=O) groups is 1. The summed E-state index contributed by atoms with van der Waals surface area (Å²) in [5.74, 6) is -1.12. The van der Waals surface area contributed by atoms with Gasteiger partial charge in [-0.15, -0.1) is 0 Å². The van der Waals surface area contributed by atoms with Crippen molar-refractivity contribution in [3.05, 3.63) is 60.2 Å². The van der Waals surface area contributed by atoms with E-state index in [-0.39, 0.29) is 11.6 Å². The highest BCUT2D eigenvalue weighted by Gasteiger charge is 2.26. The third kappa shape index (κ3) is 4.11. The zero-order chi connectivity index (χ0) is 20.3. The van der Waals surface area contributed by atoms with Gasteiger partial charge < -0.3 is 4.74 Å². The highest BCUT2D eigenvalue weighted by atomic mass is 19.1. The molecule has 0 aliphatic heterocycles. The second kappa shape index (κ2) is 7.67. The molecule has 3 rings (SSSR count). The van der Waals surface area contributed by atoms with Crippen LogP contribution >= 0.6 is 0 Å². The fraction of sp³-hybridized carbons (Fsp3) is 0.250. The Hall–Kier alpha value is -3.42. The van der Waals surface area contributed by atoms with E-state index in [2.05, 4.69) is 20.6 Å². The van der Waals surface area contributed by atoms with Gasteiger partial charge in [0.1, 0.15) is 5.69 Å². The van der Waals surface area contributed by atoms with E-state index >= 15 is 0 Å². The number of aromatic amines is 1. The van der Waals surface area contributed by atoms with Gasteiger partial charge in [0, 0.05) is 11.6 Å². The summed E-state index contributed by atoms with van der Waals surface area (Å²) in [6, 6.07) is 12.5. The molecule has 0 saturated heterocycles. The molecule has 0 radical (unpaired) electrons. The summed E-state index contributed by atoms with van der Waals surface area (Å²) in [6.07, 6.45) is 1.44. The van der Waals surface area contributed by atoms with Crippen LogP contribution in [0.15, 0.2) is 48.7 Å². The number of nitrogens with zero attached hydrogens (tertiary/aromatic N) is 3. The molecule has 1 amide bonds. The molecule has 0 aliphatic rings. The summed E-state index contributed by atoms with van der Waals surface area (Å²) in [7, 11) is 1.34. The van der Waals surface area contributed by atoms with E-state index in [9.17, 15) is 9.18 Å². The van der Waals surface area contributed by atoms with Crippen molar-refractivity contribution < 1.29 is 13.9 Å². The Kier molecular flexibility index (Phi) is 5.30. The Balaban J connectivity index is 1.85. The summed E-state index contributed by atoms with van der Waals surface area (Å²) in [5, 5.41) is 8.49. The molecule has 2 aromatic heterocycles. The number of hydrazine groups is 1. The highest BCUT2D eigenvalue weighted by Crippen LogP contribution is 2.25. The summed E-state index contributed by atoms with van der Waals surface area (Å²) in [4.78, 5) is 16.7. The number of H-pyrrole nitrogens is 1. The van der Waals surface area contributed by atoms with Gasteiger partial charge in [0.2, 0.25) is 5.88 Å². The Bertz CT molecular complexity index is 966. The van der Waals surface area contributed by atoms with Crippen molar-refractivity contribution >= 4 is 11.6 Å². The zero-order valence-electron chi connectivity index (χ0n) is 16.2. The fourth-order valence-corrected chi connectivity index (χ4v) is 2.66. The van der Waals surface area contributed by atoms with E-state index in [1.54, 1.807) is 11.1 Å². The molecule has 3 aromatic rings. The first-order valence-electron chi connectivity index (χ1n) is 8.71. The maximum Gasteiger partial charge on any atom is 0.287 e. The molecule has 2 N–H and O–H groups in total. The molecule has 0 spiro atoms. The van der Waals surface area contributed by atoms with Crippen molar-refractivity contribution in [2.45, 2.75) is 26.3 Å². The zero-order valence-corrected chi connectivity index (χ0v) is 16.2. The number of carbonyl (C=O) groups excluding carboxylic acids is 1. The van der Waals surface area contributed by atoms with Crippen molar-refractivity contribution in [2.75, 3.05) is 12.1 Å². The number of amides is 1. The van der Waals surface area contributed by atoms with Crippen LogP contribution in [0.4, 0.5) is 10.1 Å². The predicted octanol–water partition coefficient (Wildman–Crippen LogP) is 3.57. The molecular weight excluding hydrogens is 361 g/mol. The Labute approximate surface area is 162 Å². The minimum Gasteiger partial charge on any atom is -0.479 e. The smallest absolute Gasteiger partial charge is 0.287 e. The molecule has 0 aliphatic carbocycles. The maximum atomic E-state index is 14.1. The standard InChI is InChI=1S/C20H22FN5O2/c1-20(2,3)26(14-10-15(21)19(28-4)22-12-14)25-18(27)17-11-16(23-24-17)13-8-6-5-7-9-13/h5-12H,1-4H3,(H,23,24)(H,25,27). The van der Waals surface area contributed by atoms with Crippen LogP contribution in [0.1, 0.15) is 31.3 Å². The normalized spacial score (nSPS) is 11.2. The number of rotatable bonds is 5. The number of halogens is 1. The Morgan fingerprint density at radius 2 is 1.93 bits per heavy atom. The van der Waals surface area contributed by atoms with Gasteiger partial charge in [-0.05, 0) is 26.8 Å². The van der Waals surface area contributed by atoms with E-state index in [1.165, 1.54) is 19.4 Å². The number of hydrogen-bond donors (Lipinski definition) is 2. The van der Waals surface area contributed by atoms with Crippen LogP contribution in [0.2, 0.25) is 0 Å². The summed E-state index contributed by atoms with van der Waals surface area (Å²) in [5.41, 5.74) is 4.48. The first kappa shape index (κ1) is 19.3. The van der Waals surface area contributed by atoms with Gasteiger partial charge >= 0.3 is 0 Å². The molecule has 0 atom stereocenters. The van der Waals surface area contributed by atoms with Crippen molar-refractivity contribution in [3.8, 4) is 17.1 Å². The maximum absolute atomic E-state index is 14.1. The predicted molar refractivity (Wildman–Crippen MR) is 104 cm³/mol. The summed E-state index contributed by atoms with van der Waals surface area (Å²) < 4.78 is 19.0. The van der Waals surface area contributed by atoms with E-state index in [0.717, 1.165) is 5.56 Å². The Morgan fingerprint density at radius 1 is 1.21 bits per heavy atom. The molecular formula is C20H22FN5O2. The van der Waals surface area contributed by atoms with Crippen molar-refractivity contribution in [1.82, 2.24) is 20.6 Å². The number of nitrogens with one attached hydrogen (secondary N) is 2. The van der Waals surface area contributed by atoms with Gasteiger partial charge in [-0.25, -0.2) is 9.37 Å². The number of benzene rings is 1. The molecule has 8 heteroatoms. The third-order valence-electron chi connectivity index (χ3n) is 4.02. The van der Waals surface area contributed by atoms with Gasteiger partial charge in [-0.1, -0.05) is 30.3 Å². The van der Waals surface area contributed by atoms with Crippen LogP contribution in [0.5, 0.6) is 5.88 Å². The third-order valence-corrected chi connectivity index (χ3v) is 4.02. The lowest BCUT2D eigenvalue weighted by molar-refractivity contribution is 0.0933.